The maximum absolute atomic E-state index is 10.7. The Kier molecular flexibility index (Phi) is 4.24. The Labute approximate surface area is 129 Å². The van der Waals surface area contributed by atoms with Crippen molar-refractivity contribution in [3.8, 4) is 0 Å². The normalized spacial score (nSPS) is 27.7. The second kappa shape index (κ2) is 5.99. The first-order valence-electron chi connectivity index (χ1n) is 7.83. The van der Waals surface area contributed by atoms with Gasteiger partial charge in [-0.2, -0.15) is 0 Å². The second-order valence-corrected chi connectivity index (χ2v) is 7.63. The number of aromatic nitrogens is 3. The number of aliphatic carboxylic acids is 1. The minimum absolute atomic E-state index is 0.0407. The first-order valence-corrected chi connectivity index (χ1v) is 8.81. The molecule has 2 aliphatic carbocycles. The lowest BCUT2D eigenvalue weighted by Crippen LogP contribution is -2.17. The van der Waals surface area contributed by atoms with E-state index in [-0.39, 0.29) is 11.8 Å². The van der Waals surface area contributed by atoms with Gasteiger partial charge in [0.15, 0.2) is 5.16 Å². The zero-order valence-corrected chi connectivity index (χ0v) is 13.5. The molecule has 1 heterocycles. The summed E-state index contributed by atoms with van der Waals surface area (Å²) in [5.74, 6) is 2.84. The number of hydrogen-bond donors (Lipinski definition) is 1. The number of carbonyl (C=O) groups is 1. The van der Waals surface area contributed by atoms with Crippen LogP contribution in [-0.4, -0.2) is 31.6 Å². The van der Waals surface area contributed by atoms with Gasteiger partial charge in [0.1, 0.15) is 5.82 Å². The molecule has 0 radical (unpaired) electrons. The largest absolute Gasteiger partial charge is 0.481 e. The lowest BCUT2D eigenvalue weighted by atomic mass is 9.86. The molecule has 1 N–H and O–H groups in total. The van der Waals surface area contributed by atoms with E-state index in [0.717, 1.165) is 35.2 Å². The Morgan fingerprint density at radius 1 is 1.38 bits per heavy atom. The van der Waals surface area contributed by atoms with Crippen molar-refractivity contribution in [1.82, 2.24) is 14.8 Å². The molecule has 0 amide bonds. The molecule has 3 rings (SSSR count). The maximum atomic E-state index is 10.7. The predicted octanol–water partition coefficient (Wildman–Crippen LogP) is 3.01. The summed E-state index contributed by atoms with van der Waals surface area (Å²) in [6, 6.07) is 0.268. The maximum Gasteiger partial charge on any atom is 0.313 e. The SMILES string of the molecule is CC(C)n1c(CC2CC3CCC2C3)nnc1SCC(=O)O. The summed E-state index contributed by atoms with van der Waals surface area (Å²) in [6.45, 7) is 4.22. The van der Waals surface area contributed by atoms with Gasteiger partial charge in [-0.25, -0.2) is 0 Å². The van der Waals surface area contributed by atoms with Gasteiger partial charge in [-0.1, -0.05) is 18.2 Å². The number of thioether (sulfide) groups is 1. The molecule has 1 aromatic rings. The van der Waals surface area contributed by atoms with Crippen molar-refractivity contribution in [3.63, 3.8) is 0 Å². The minimum atomic E-state index is -0.812. The number of fused-ring (bicyclic) bond motifs is 2. The summed E-state index contributed by atoms with van der Waals surface area (Å²) in [4.78, 5) is 10.7. The van der Waals surface area contributed by atoms with E-state index in [1.807, 2.05) is 0 Å². The summed E-state index contributed by atoms with van der Waals surface area (Å²) in [7, 11) is 0. The van der Waals surface area contributed by atoms with Gasteiger partial charge in [0.25, 0.3) is 0 Å². The molecule has 0 saturated heterocycles. The summed E-state index contributed by atoms with van der Waals surface area (Å²) in [5.41, 5.74) is 0. The molecule has 2 saturated carbocycles. The lowest BCUT2D eigenvalue weighted by Gasteiger charge is -2.22. The average molecular weight is 309 g/mol. The van der Waals surface area contributed by atoms with E-state index in [4.69, 9.17) is 5.11 Å². The van der Waals surface area contributed by atoms with Crippen LogP contribution in [-0.2, 0) is 11.2 Å². The van der Waals surface area contributed by atoms with Crippen LogP contribution in [0.5, 0.6) is 0 Å². The van der Waals surface area contributed by atoms with Crippen LogP contribution in [0.15, 0.2) is 5.16 Å². The summed E-state index contributed by atoms with van der Waals surface area (Å²) < 4.78 is 2.12. The van der Waals surface area contributed by atoms with Crippen LogP contribution in [0.4, 0.5) is 0 Å². The fraction of sp³-hybridized carbons (Fsp3) is 0.800. The van der Waals surface area contributed by atoms with E-state index >= 15 is 0 Å². The molecule has 3 unspecified atom stereocenters. The molecule has 5 nitrogen and oxygen atoms in total. The number of rotatable bonds is 6. The molecule has 0 aromatic carbocycles. The van der Waals surface area contributed by atoms with Crippen molar-refractivity contribution in [2.75, 3.05) is 5.75 Å². The van der Waals surface area contributed by atoms with E-state index in [1.165, 1.54) is 37.4 Å². The van der Waals surface area contributed by atoms with Crippen molar-refractivity contribution in [2.24, 2.45) is 17.8 Å². The van der Waals surface area contributed by atoms with Gasteiger partial charge in [-0.15, -0.1) is 10.2 Å². The summed E-state index contributed by atoms with van der Waals surface area (Å²) >= 11 is 1.27. The van der Waals surface area contributed by atoms with Gasteiger partial charge in [0.2, 0.25) is 0 Å². The first kappa shape index (κ1) is 14.9. The fourth-order valence-corrected chi connectivity index (χ4v) is 4.86. The van der Waals surface area contributed by atoms with E-state index in [1.54, 1.807) is 0 Å². The summed E-state index contributed by atoms with van der Waals surface area (Å²) in [5, 5.41) is 18.2. The molecule has 2 fully saturated rings. The number of carboxylic acids is 1. The molecule has 3 atom stereocenters. The zero-order chi connectivity index (χ0) is 15.0. The molecular formula is C15H23N3O2S. The summed E-state index contributed by atoms with van der Waals surface area (Å²) in [6.07, 6.45) is 6.54. The standard InChI is InChI=1S/C15H23N3O2S/c1-9(2)18-13(16-17-15(18)21-8-14(19)20)7-12-6-10-3-4-11(12)5-10/h9-12H,3-8H2,1-2H3,(H,19,20). The Hall–Kier alpha value is -1.04. The van der Waals surface area contributed by atoms with Crippen molar-refractivity contribution < 1.29 is 9.90 Å². The van der Waals surface area contributed by atoms with Crippen LogP contribution in [0.1, 0.15) is 51.4 Å². The molecule has 116 valence electrons. The Morgan fingerprint density at radius 3 is 2.76 bits per heavy atom. The van der Waals surface area contributed by atoms with Crippen LogP contribution < -0.4 is 0 Å². The molecule has 6 heteroatoms. The topological polar surface area (TPSA) is 68.0 Å². The predicted molar refractivity (Wildman–Crippen MR) is 81.4 cm³/mol. The zero-order valence-electron chi connectivity index (χ0n) is 12.7. The Bertz CT molecular complexity index is 529. The smallest absolute Gasteiger partial charge is 0.313 e. The minimum Gasteiger partial charge on any atom is -0.481 e. The fourth-order valence-electron chi connectivity index (χ4n) is 4.05. The molecule has 0 aliphatic heterocycles. The highest BCUT2D eigenvalue weighted by molar-refractivity contribution is 7.99. The third kappa shape index (κ3) is 3.10. The van der Waals surface area contributed by atoms with E-state index < -0.39 is 5.97 Å². The van der Waals surface area contributed by atoms with Crippen LogP contribution >= 0.6 is 11.8 Å². The van der Waals surface area contributed by atoms with Gasteiger partial charge in [-0.3, -0.25) is 4.79 Å². The molecule has 1 aromatic heterocycles. The number of carboxylic acid groups (broad SMARTS) is 1. The first-order chi connectivity index (χ1) is 10.0. The van der Waals surface area contributed by atoms with Crippen LogP contribution in [0.25, 0.3) is 0 Å². The van der Waals surface area contributed by atoms with Gasteiger partial charge < -0.3 is 9.67 Å². The number of hydrogen-bond acceptors (Lipinski definition) is 4. The second-order valence-electron chi connectivity index (χ2n) is 6.68. The quantitative estimate of drug-likeness (QED) is 0.818. The third-order valence-electron chi connectivity index (χ3n) is 4.91. The molecule has 2 bridgehead atoms. The van der Waals surface area contributed by atoms with Gasteiger partial charge in [0.05, 0.1) is 5.75 Å². The average Bonchev–Trinajstić information content (AvgIpc) is 3.10. The third-order valence-corrected chi connectivity index (χ3v) is 5.83. The monoisotopic (exact) mass is 309 g/mol. The van der Waals surface area contributed by atoms with Crippen LogP contribution in [0.2, 0.25) is 0 Å². The van der Waals surface area contributed by atoms with E-state index in [9.17, 15) is 4.79 Å². The number of nitrogens with zero attached hydrogens (tertiary/aromatic N) is 3. The van der Waals surface area contributed by atoms with Crippen molar-refractivity contribution in [2.45, 2.75) is 57.1 Å². The van der Waals surface area contributed by atoms with Crippen LogP contribution in [0.3, 0.4) is 0 Å². The van der Waals surface area contributed by atoms with Crippen molar-refractivity contribution in [1.29, 1.82) is 0 Å². The van der Waals surface area contributed by atoms with Gasteiger partial charge in [0, 0.05) is 12.5 Å². The van der Waals surface area contributed by atoms with Gasteiger partial charge in [-0.05, 0) is 50.9 Å². The van der Waals surface area contributed by atoms with E-state index in [2.05, 4.69) is 28.6 Å². The van der Waals surface area contributed by atoms with Gasteiger partial charge >= 0.3 is 5.97 Å². The van der Waals surface area contributed by atoms with Crippen molar-refractivity contribution >= 4 is 17.7 Å². The molecular weight excluding hydrogens is 286 g/mol. The Morgan fingerprint density at radius 2 is 2.19 bits per heavy atom. The highest BCUT2D eigenvalue weighted by Crippen LogP contribution is 2.49. The molecule has 0 spiro atoms. The van der Waals surface area contributed by atoms with Crippen LogP contribution in [0, 0.1) is 17.8 Å². The molecule has 2 aliphatic rings. The highest BCUT2D eigenvalue weighted by Gasteiger charge is 2.40. The molecule has 21 heavy (non-hydrogen) atoms. The van der Waals surface area contributed by atoms with Crippen molar-refractivity contribution in [3.05, 3.63) is 5.82 Å². The Balaban J connectivity index is 1.73. The highest BCUT2D eigenvalue weighted by atomic mass is 32.2. The van der Waals surface area contributed by atoms with E-state index in [0.29, 0.717) is 0 Å². The lowest BCUT2D eigenvalue weighted by molar-refractivity contribution is -0.133.